The summed E-state index contributed by atoms with van der Waals surface area (Å²) in [5.74, 6) is -1.31. The number of sulfonamides is 1. The molecule has 2 fully saturated rings. The normalized spacial score (nSPS) is 20.0. The van der Waals surface area contributed by atoms with E-state index in [0.29, 0.717) is 31.5 Å². The van der Waals surface area contributed by atoms with Gasteiger partial charge in [0.15, 0.2) is 6.10 Å². The van der Waals surface area contributed by atoms with Crippen molar-refractivity contribution in [3.63, 3.8) is 0 Å². The van der Waals surface area contributed by atoms with E-state index in [9.17, 15) is 23.3 Å². The van der Waals surface area contributed by atoms with Crippen LogP contribution in [0.2, 0.25) is 0 Å². The molecule has 1 atom stereocenters. The average Bonchev–Trinajstić information content (AvgIpc) is 2.80. The van der Waals surface area contributed by atoms with E-state index < -0.39 is 33.5 Å². The van der Waals surface area contributed by atoms with E-state index in [1.54, 1.807) is 13.0 Å². The van der Waals surface area contributed by atoms with Crippen molar-refractivity contribution in [3.05, 3.63) is 29.3 Å². The number of benzene rings is 1. The molecule has 1 saturated heterocycles. The van der Waals surface area contributed by atoms with Crippen molar-refractivity contribution in [2.24, 2.45) is 0 Å². The average molecular weight is 462 g/mol. The fraction of sp³-hybridized carbons (Fsp3) is 0.609. The molecule has 174 valence electrons. The highest BCUT2D eigenvalue weighted by Gasteiger charge is 2.35. The summed E-state index contributed by atoms with van der Waals surface area (Å²) >= 11 is 0. The van der Waals surface area contributed by atoms with Gasteiger partial charge < -0.3 is 10.1 Å². The zero-order chi connectivity index (χ0) is 23.4. The maximum absolute atomic E-state index is 13.1. The standard InChI is InChI=1S/C23H31N3O5S/c1-17-9-10-19(15-20(17)32(29,30)26-13-7-4-8-14-26)22(28)31-18(2)21(27)25-23(16-24)11-5-3-6-12-23/h9-10,15,18H,3-8,11-14H2,1-2H3,(H,25,27). The van der Waals surface area contributed by atoms with Gasteiger partial charge in [0.25, 0.3) is 5.91 Å². The van der Waals surface area contributed by atoms with Crippen molar-refractivity contribution >= 4 is 21.9 Å². The van der Waals surface area contributed by atoms with Gasteiger partial charge in [0.05, 0.1) is 16.5 Å². The highest BCUT2D eigenvalue weighted by atomic mass is 32.2. The van der Waals surface area contributed by atoms with Crippen molar-refractivity contribution in [2.75, 3.05) is 13.1 Å². The summed E-state index contributed by atoms with van der Waals surface area (Å²) in [5, 5.41) is 12.3. The second-order valence-corrected chi connectivity index (χ2v) is 10.6. The van der Waals surface area contributed by atoms with Gasteiger partial charge in [0.1, 0.15) is 5.54 Å². The number of ether oxygens (including phenoxy) is 1. The Labute approximate surface area is 190 Å². The van der Waals surface area contributed by atoms with Gasteiger partial charge in [0.2, 0.25) is 10.0 Å². The monoisotopic (exact) mass is 461 g/mol. The molecular weight excluding hydrogens is 430 g/mol. The lowest BCUT2D eigenvalue weighted by Gasteiger charge is -2.32. The number of nitriles is 1. The number of esters is 1. The first-order valence-corrected chi connectivity index (χ1v) is 12.7. The van der Waals surface area contributed by atoms with Crippen molar-refractivity contribution in [3.8, 4) is 6.07 Å². The van der Waals surface area contributed by atoms with Crippen LogP contribution >= 0.6 is 0 Å². The second-order valence-electron chi connectivity index (χ2n) is 8.74. The molecule has 1 amide bonds. The number of carbonyl (C=O) groups is 2. The molecule has 32 heavy (non-hydrogen) atoms. The van der Waals surface area contributed by atoms with Gasteiger partial charge in [-0.25, -0.2) is 13.2 Å². The highest BCUT2D eigenvalue weighted by molar-refractivity contribution is 7.89. The SMILES string of the molecule is Cc1ccc(C(=O)OC(C)C(=O)NC2(C#N)CCCCC2)cc1S(=O)(=O)N1CCCCC1. The third-order valence-electron chi connectivity index (χ3n) is 6.29. The molecule has 9 heteroatoms. The molecule has 1 aliphatic heterocycles. The Morgan fingerprint density at radius 2 is 1.75 bits per heavy atom. The molecule has 1 aromatic rings. The van der Waals surface area contributed by atoms with Crippen LogP contribution in [0.4, 0.5) is 0 Å². The van der Waals surface area contributed by atoms with Crippen LogP contribution in [0.3, 0.4) is 0 Å². The van der Waals surface area contributed by atoms with E-state index >= 15 is 0 Å². The van der Waals surface area contributed by atoms with Gasteiger partial charge in [-0.05, 0) is 57.2 Å². The molecule has 0 aromatic heterocycles. The van der Waals surface area contributed by atoms with Crippen LogP contribution in [-0.2, 0) is 19.6 Å². The van der Waals surface area contributed by atoms with E-state index in [1.165, 1.54) is 23.4 Å². The number of amides is 1. The topological polar surface area (TPSA) is 117 Å². The summed E-state index contributed by atoms with van der Waals surface area (Å²) in [4.78, 5) is 25.4. The zero-order valence-electron chi connectivity index (χ0n) is 18.7. The Morgan fingerprint density at radius 1 is 1.12 bits per heavy atom. The van der Waals surface area contributed by atoms with Gasteiger partial charge >= 0.3 is 5.97 Å². The van der Waals surface area contributed by atoms with Crippen LogP contribution in [0, 0.1) is 18.3 Å². The van der Waals surface area contributed by atoms with E-state index in [-0.39, 0.29) is 10.5 Å². The smallest absolute Gasteiger partial charge is 0.338 e. The third kappa shape index (κ3) is 5.30. The van der Waals surface area contributed by atoms with E-state index in [4.69, 9.17) is 4.74 Å². The summed E-state index contributed by atoms with van der Waals surface area (Å²) in [6.45, 7) is 4.07. The molecule has 1 aliphatic carbocycles. The summed E-state index contributed by atoms with van der Waals surface area (Å²) < 4.78 is 32.9. The lowest BCUT2D eigenvalue weighted by atomic mass is 9.83. The highest BCUT2D eigenvalue weighted by Crippen LogP contribution is 2.28. The van der Waals surface area contributed by atoms with E-state index in [1.807, 2.05) is 0 Å². The maximum Gasteiger partial charge on any atom is 0.338 e. The number of nitrogens with zero attached hydrogens (tertiary/aromatic N) is 2. The summed E-state index contributed by atoms with van der Waals surface area (Å²) in [6.07, 6.45) is 5.42. The number of piperidine rings is 1. The molecule has 3 rings (SSSR count). The largest absolute Gasteiger partial charge is 0.449 e. The third-order valence-corrected chi connectivity index (χ3v) is 8.33. The van der Waals surface area contributed by atoms with Gasteiger partial charge in [-0.2, -0.15) is 9.57 Å². The van der Waals surface area contributed by atoms with E-state index in [2.05, 4.69) is 11.4 Å². The van der Waals surface area contributed by atoms with E-state index in [0.717, 1.165) is 38.5 Å². The Hall–Kier alpha value is -2.44. The second kappa shape index (κ2) is 10.0. The summed E-state index contributed by atoms with van der Waals surface area (Å²) in [6, 6.07) is 6.60. The maximum atomic E-state index is 13.1. The number of hydrogen-bond acceptors (Lipinski definition) is 6. The Balaban J connectivity index is 1.71. The number of hydrogen-bond donors (Lipinski definition) is 1. The van der Waals surface area contributed by atoms with Crippen LogP contribution in [0.15, 0.2) is 23.1 Å². The fourth-order valence-electron chi connectivity index (χ4n) is 4.29. The zero-order valence-corrected chi connectivity index (χ0v) is 19.5. The first-order chi connectivity index (χ1) is 15.2. The van der Waals surface area contributed by atoms with Crippen LogP contribution in [0.25, 0.3) is 0 Å². The molecule has 2 aliphatic rings. The van der Waals surface area contributed by atoms with Crippen molar-refractivity contribution in [1.82, 2.24) is 9.62 Å². The Morgan fingerprint density at radius 3 is 2.38 bits per heavy atom. The van der Waals surface area contributed by atoms with Gasteiger partial charge in [-0.1, -0.05) is 31.7 Å². The first kappa shape index (κ1) is 24.2. The Kier molecular flexibility index (Phi) is 7.57. The molecule has 1 aromatic carbocycles. The fourth-order valence-corrected chi connectivity index (χ4v) is 6.06. The van der Waals surface area contributed by atoms with Crippen LogP contribution in [0.1, 0.15) is 74.2 Å². The lowest BCUT2D eigenvalue weighted by molar-refractivity contribution is -0.130. The van der Waals surface area contributed by atoms with Crippen LogP contribution in [-0.4, -0.2) is 49.3 Å². The number of rotatable bonds is 6. The predicted molar refractivity (Wildman–Crippen MR) is 118 cm³/mol. The first-order valence-electron chi connectivity index (χ1n) is 11.2. The van der Waals surface area contributed by atoms with Crippen LogP contribution < -0.4 is 5.32 Å². The summed E-state index contributed by atoms with van der Waals surface area (Å²) in [5.41, 5.74) is -0.306. The minimum absolute atomic E-state index is 0.0681. The minimum Gasteiger partial charge on any atom is -0.449 e. The van der Waals surface area contributed by atoms with Gasteiger partial charge in [0, 0.05) is 13.1 Å². The number of aryl methyl sites for hydroxylation is 1. The van der Waals surface area contributed by atoms with Gasteiger partial charge in [-0.3, -0.25) is 4.79 Å². The lowest BCUT2D eigenvalue weighted by Crippen LogP contribution is -2.52. The predicted octanol–water partition coefficient (Wildman–Crippen LogP) is 3.06. The molecule has 1 N–H and O–H groups in total. The molecule has 0 spiro atoms. The molecular formula is C23H31N3O5S. The number of carbonyl (C=O) groups excluding carboxylic acids is 2. The summed E-state index contributed by atoms with van der Waals surface area (Å²) in [7, 11) is -3.71. The van der Waals surface area contributed by atoms with Crippen molar-refractivity contribution in [2.45, 2.75) is 81.8 Å². The molecule has 0 radical (unpaired) electrons. The number of nitrogens with one attached hydrogen (secondary N) is 1. The minimum atomic E-state index is -3.71. The van der Waals surface area contributed by atoms with Crippen molar-refractivity contribution in [1.29, 1.82) is 5.26 Å². The van der Waals surface area contributed by atoms with Crippen LogP contribution in [0.5, 0.6) is 0 Å². The quantitative estimate of drug-likeness (QED) is 0.651. The van der Waals surface area contributed by atoms with Crippen molar-refractivity contribution < 1.29 is 22.7 Å². The molecule has 1 unspecified atom stereocenters. The van der Waals surface area contributed by atoms with Gasteiger partial charge in [-0.15, -0.1) is 0 Å². The molecule has 0 bridgehead atoms. The Bertz CT molecular complexity index is 1000. The molecule has 1 saturated carbocycles. The molecule has 8 nitrogen and oxygen atoms in total. The molecule has 1 heterocycles.